The van der Waals surface area contributed by atoms with E-state index in [-0.39, 0.29) is 11.4 Å². The molecule has 0 aliphatic carbocycles. The van der Waals surface area contributed by atoms with E-state index in [0.717, 1.165) is 10.6 Å². The molecule has 3 nitrogen and oxygen atoms in total. The number of thiophene rings is 1. The molecule has 0 unspecified atom stereocenters. The summed E-state index contributed by atoms with van der Waals surface area (Å²) < 4.78 is 13.5. The van der Waals surface area contributed by atoms with E-state index in [0.29, 0.717) is 11.0 Å². The minimum atomic E-state index is -0.930. The highest BCUT2D eigenvalue weighted by atomic mass is 79.9. The number of halogens is 2. The average Bonchev–Trinajstić information content (AvgIpc) is 2.76. The van der Waals surface area contributed by atoms with E-state index in [1.807, 2.05) is 0 Å². The van der Waals surface area contributed by atoms with Gasteiger partial charge in [0.05, 0.1) is 5.56 Å². The number of hydrogen-bond acceptors (Lipinski definition) is 3. The maximum absolute atomic E-state index is 12.9. The molecule has 2 rings (SSSR count). The molecule has 0 aliphatic rings. The lowest BCUT2D eigenvalue weighted by atomic mass is 10.3. The number of rotatable bonds is 4. The second-order valence-electron chi connectivity index (χ2n) is 3.58. The van der Waals surface area contributed by atoms with Crippen molar-refractivity contribution in [2.75, 3.05) is 5.32 Å². The summed E-state index contributed by atoms with van der Waals surface area (Å²) in [6.45, 7) is 0.502. The van der Waals surface area contributed by atoms with E-state index in [9.17, 15) is 9.18 Å². The Morgan fingerprint density at radius 1 is 1.44 bits per heavy atom. The molecule has 2 aromatic rings. The first-order valence-corrected chi connectivity index (χ1v) is 6.73. The van der Waals surface area contributed by atoms with Crippen molar-refractivity contribution in [1.29, 1.82) is 0 Å². The third kappa shape index (κ3) is 3.08. The highest BCUT2D eigenvalue weighted by molar-refractivity contribution is 9.10. The molecular formula is C12H9BrFNO2S. The summed E-state index contributed by atoms with van der Waals surface area (Å²) in [4.78, 5) is 11.6. The standard InChI is InChI=1S/C12H9BrFNO2S/c13-10-4-8(14)1-2-11(10)15-5-9-3-7(6-18-9)12(16)17/h1-4,6,15H,5H2,(H,16,17). The first-order chi connectivity index (χ1) is 8.56. The third-order valence-corrected chi connectivity index (χ3v) is 3.88. The number of carboxylic acid groups (broad SMARTS) is 1. The Labute approximate surface area is 115 Å². The van der Waals surface area contributed by atoms with Crippen molar-refractivity contribution in [3.8, 4) is 0 Å². The number of benzene rings is 1. The molecule has 1 aromatic heterocycles. The van der Waals surface area contributed by atoms with Crippen LogP contribution in [0, 0.1) is 5.82 Å². The van der Waals surface area contributed by atoms with Gasteiger partial charge in [0.25, 0.3) is 0 Å². The Kier molecular flexibility index (Phi) is 3.98. The smallest absolute Gasteiger partial charge is 0.336 e. The van der Waals surface area contributed by atoms with Crippen LogP contribution in [0.5, 0.6) is 0 Å². The van der Waals surface area contributed by atoms with E-state index < -0.39 is 5.97 Å². The van der Waals surface area contributed by atoms with Gasteiger partial charge in [0.1, 0.15) is 5.82 Å². The SMILES string of the molecule is O=C(O)c1csc(CNc2ccc(F)cc2Br)c1. The first kappa shape index (κ1) is 13.0. The molecule has 94 valence electrons. The van der Waals surface area contributed by atoms with Gasteiger partial charge in [-0.1, -0.05) is 0 Å². The molecule has 0 saturated heterocycles. The third-order valence-electron chi connectivity index (χ3n) is 2.28. The lowest BCUT2D eigenvalue weighted by Gasteiger charge is -2.07. The quantitative estimate of drug-likeness (QED) is 0.892. The lowest BCUT2D eigenvalue weighted by Crippen LogP contribution is -1.99. The zero-order chi connectivity index (χ0) is 13.1. The predicted molar refractivity (Wildman–Crippen MR) is 72.7 cm³/mol. The molecule has 1 aromatic carbocycles. The van der Waals surface area contributed by atoms with Crippen LogP contribution in [-0.4, -0.2) is 11.1 Å². The number of carbonyl (C=O) groups is 1. The number of carboxylic acids is 1. The van der Waals surface area contributed by atoms with Gasteiger partial charge in [0.15, 0.2) is 0 Å². The second-order valence-corrected chi connectivity index (χ2v) is 5.43. The van der Waals surface area contributed by atoms with Crippen molar-refractivity contribution < 1.29 is 14.3 Å². The summed E-state index contributed by atoms with van der Waals surface area (Å²) in [7, 11) is 0. The summed E-state index contributed by atoms with van der Waals surface area (Å²) in [6.07, 6.45) is 0. The fourth-order valence-electron chi connectivity index (χ4n) is 1.40. The van der Waals surface area contributed by atoms with Crippen LogP contribution in [0.4, 0.5) is 10.1 Å². The van der Waals surface area contributed by atoms with E-state index in [1.54, 1.807) is 17.5 Å². The maximum atomic E-state index is 12.9. The van der Waals surface area contributed by atoms with Gasteiger partial charge in [0.2, 0.25) is 0 Å². The van der Waals surface area contributed by atoms with Crippen LogP contribution in [-0.2, 0) is 6.54 Å². The van der Waals surface area contributed by atoms with Gasteiger partial charge in [-0.25, -0.2) is 9.18 Å². The summed E-state index contributed by atoms with van der Waals surface area (Å²) in [6, 6.07) is 5.99. The van der Waals surface area contributed by atoms with Crippen molar-refractivity contribution in [3.05, 3.63) is 50.4 Å². The Balaban J connectivity index is 2.04. The molecule has 2 N–H and O–H groups in total. The molecule has 0 bridgehead atoms. The molecule has 18 heavy (non-hydrogen) atoms. The van der Waals surface area contributed by atoms with E-state index >= 15 is 0 Å². The number of nitrogens with one attached hydrogen (secondary N) is 1. The van der Waals surface area contributed by atoms with Gasteiger partial charge in [-0.15, -0.1) is 11.3 Å². The minimum absolute atomic E-state index is 0.287. The van der Waals surface area contributed by atoms with E-state index in [4.69, 9.17) is 5.11 Å². The molecule has 0 aliphatic heterocycles. The van der Waals surface area contributed by atoms with E-state index in [1.165, 1.54) is 23.5 Å². The second kappa shape index (κ2) is 5.49. The van der Waals surface area contributed by atoms with Crippen LogP contribution >= 0.6 is 27.3 Å². The van der Waals surface area contributed by atoms with Crippen molar-refractivity contribution in [2.24, 2.45) is 0 Å². The van der Waals surface area contributed by atoms with Crippen LogP contribution in [0.25, 0.3) is 0 Å². The highest BCUT2D eigenvalue weighted by Gasteiger charge is 2.07. The fraction of sp³-hybridized carbons (Fsp3) is 0.0833. The summed E-state index contributed by atoms with van der Waals surface area (Å²) >= 11 is 4.63. The molecule has 0 amide bonds. The molecule has 0 atom stereocenters. The normalized spacial score (nSPS) is 10.3. The zero-order valence-electron chi connectivity index (χ0n) is 9.11. The molecule has 6 heteroatoms. The molecule has 0 fully saturated rings. The van der Waals surface area contributed by atoms with Crippen molar-refractivity contribution in [1.82, 2.24) is 0 Å². The Hall–Kier alpha value is -1.40. The van der Waals surface area contributed by atoms with Gasteiger partial charge in [-0.3, -0.25) is 0 Å². The first-order valence-electron chi connectivity index (χ1n) is 5.06. The van der Waals surface area contributed by atoms with Gasteiger partial charge in [-0.05, 0) is 40.2 Å². The number of anilines is 1. The highest BCUT2D eigenvalue weighted by Crippen LogP contribution is 2.24. The summed E-state index contributed by atoms with van der Waals surface area (Å²) in [5.74, 6) is -1.24. The van der Waals surface area contributed by atoms with Gasteiger partial charge in [-0.2, -0.15) is 0 Å². The Morgan fingerprint density at radius 2 is 2.22 bits per heavy atom. The monoisotopic (exact) mass is 329 g/mol. The van der Waals surface area contributed by atoms with Crippen LogP contribution in [0.2, 0.25) is 0 Å². The van der Waals surface area contributed by atoms with Crippen molar-refractivity contribution in [2.45, 2.75) is 6.54 Å². The lowest BCUT2D eigenvalue weighted by molar-refractivity contribution is 0.0697. The number of aromatic carboxylic acids is 1. The van der Waals surface area contributed by atoms with Gasteiger partial charge >= 0.3 is 5.97 Å². The van der Waals surface area contributed by atoms with Crippen molar-refractivity contribution in [3.63, 3.8) is 0 Å². The van der Waals surface area contributed by atoms with E-state index in [2.05, 4.69) is 21.2 Å². The molecule has 1 heterocycles. The fourth-order valence-corrected chi connectivity index (χ4v) is 2.69. The minimum Gasteiger partial charge on any atom is -0.478 e. The summed E-state index contributed by atoms with van der Waals surface area (Å²) in [5.41, 5.74) is 1.05. The molecule has 0 radical (unpaired) electrons. The van der Waals surface area contributed by atoms with Crippen molar-refractivity contribution >= 4 is 38.9 Å². The molecule has 0 saturated carbocycles. The van der Waals surface area contributed by atoms with Crippen LogP contribution in [0.1, 0.15) is 15.2 Å². The summed E-state index contributed by atoms with van der Waals surface area (Å²) in [5, 5.41) is 13.5. The Bertz CT molecular complexity index is 585. The topological polar surface area (TPSA) is 49.3 Å². The zero-order valence-corrected chi connectivity index (χ0v) is 11.5. The van der Waals surface area contributed by atoms with Crippen LogP contribution < -0.4 is 5.32 Å². The maximum Gasteiger partial charge on any atom is 0.336 e. The Morgan fingerprint density at radius 3 is 2.83 bits per heavy atom. The average molecular weight is 330 g/mol. The van der Waals surface area contributed by atoms with Gasteiger partial charge < -0.3 is 10.4 Å². The largest absolute Gasteiger partial charge is 0.478 e. The molecular weight excluding hydrogens is 321 g/mol. The van der Waals surface area contributed by atoms with Crippen LogP contribution in [0.3, 0.4) is 0 Å². The number of hydrogen-bond donors (Lipinski definition) is 2. The van der Waals surface area contributed by atoms with Gasteiger partial charge in [0, 0.05) is 27.0 Å². The predicted octanol–water partition coefficient (Wildman–Crippen LogP) is 3.96. The molecule has 0 spiro atoms. The van der Waals surface area contributed by atoms with Crippen LogP contribution in [0.15, 0.2) is 34.1 Å².